The van der Waals surface area contributed by atoms with Crippen molar-refractivity contribution in [2.75, 3.05) is 0 Å². The summed E-state index contributed by atoms with van der Waals surface area (Å²) in [6.45, 7) is 0. The minimum Gasteiger partial charge on any atom is -0.389 e. The van der Waals surface area contributed by atoms with Crippen molar-refractivity contribution in [2.24, 2.45) is 5.73 Å². The Morgan fingerprint density at radius 3 is 2.59 bits per heavy atom. The van der Waals surface area contributed by atoms with Crippen LogP contribution in [0.3, 0.4) is 0 Å². The molecule has 2 N–H and O–H groups in total. The number of aromatic nitrogens is 1. The molecular weight excluding hydrogens is 228 g/mol. The molecule has 0 unspecified atom stereocenters. The van der Waals surface area contributed by atoms with E-state index in [0.29, 0.717) is 4.99 Å². The van der Waals surface area contributed by atoms with Gasteiger partial charge in [0.2, 0.25) is 0 Å². The van der Waals surface area contributed by atoms with Crippen molar-refractivity contribution in [3.63, 3.8) is 0 Å². The fourth-order valence-corrected chi connectivity index (χ4v) is 2.19. The minimum absolute atomic E-state index is 0.410. The molecule has 0 aliphatic heterocycles. The molecule has 0 aliphatic carbocycles. The van der Waals surface area contributed by atoms with Gasteiger partial charge in [-0.05, 0) is 18.2 Å². The van der Waals surface area contributed by atoms with Crippen LogP contribution in [0.4, 0.5) is 0 Å². The van der Waals surface area contributed by atoms with Gasteiger partial charge >= 0.3 is 0 Å². The first kappa shape index (κ1) is 10.2. The number of nitrogens with zero attached hydrogens (tertiary/aromatic N) is 1. The molecule has 82 valence electrons. The third-order valence-electron chi connectivity index (χ3n) is 2.83. The monoisotopic (exact) mass is 238 g/mol. The van der Waals surface area contributed by atoms with Crippen LogP contribution in [0.1, 0.15) is 5.56 Å². The Kier molecular flexibility index (Phi) is 2.27. The highest BCUT2D eigenvalue weighted by molar-refractivity contribution is 7.80. The molecule has 0 aliphatic rings. The Balaban J connectivity index is 2.47. The highest BCUT2D eigenvalue weighted by Gasteiger charge is 2.05. The van der Waals surface area contributed by atoms with Crippen LogP contribution in [-0.2, 0) is 0 Å². The lowest BCUT2D eigenvalue weighted by molar-refractivity contribution is 1.49. The number of thiocarbonyl (C=S) groups is 1. The lowest BCUT2D eigenvalue weighted by Crippen LogP contribution is -2.09. The van der Waals surface area contributed by atoms with Gasteiger partial charge in [0.1, 0.15) is 4.99 Å². The zero-order chi connectivity index (χ0) is 11.8. The third-order valence-corrected chi connectivity index (χ3v) is 3.05. The molecule has 0 atom stereocenters. The van der Waals surface area contributed by atoms with Crippen LogP contribution >= 0.6 is 12.2 Å². The molecule has 0 spiro atoms. The summed E-state index contributed by atoms with van der Waals surface area (Å²) in [5.41, 5.74) is 8.52. The smallest absolute Gasteiger partial charge is 0.104 e. The summed E-state index contributed by atoms with van der Waals surface area (Å²) in [5.74, 6) is 0. The van der Waals surface area contributed by atoms with Crippen LogP contribution in [0.15, 0.2) is 48.5 Å². The summed E-state index contributed by atoms with van der Waals surface area (Å²) in [4.78, 5) is 5.02. The van der Waals surface area contributed by atoms with E-state index in [0.717, 1.165) is 27.4 Å². The predicted octanol–water partition coefficient (Wildman–Crippen LogP) is 3.02. The topological polar surface area (TPSA) is 38.9 Å². The Bertz CT molecular complexity index is 734. The molecule has 2 aromatic carbocycles. The van der Waals surface area contributed by atoms with Gasteiger partial charge in [-0.2, -0.15) is 0 Å². The minimum atomic E-state index is 0.410. The molecule has 1 heterocycles. The van der Waals surface area contributed by atoms with Crippen molar-refractivity contribution in [2.45, 2.75) is 0 Å². The number of rotatable bonds is 1. The van der Waals surface area contributed by atoms with Gasteiger partial charge in [-0.15, -0.1) is 0 Å². The van der Waals surface area contributed by atoms with E-state index in [-0.39, 0.29) is 0 Å². The number of fused-ring (bicyclic) bond motifs is 2. The van der Waals surface area contributed by atoms with Crippen molar-refractivity contribution in [3.05, 3.63) is 54.1 Å². The molecule has 0 fully saturated rings. The standard InChI is InChI=1S/C14H10N2S/c15-14(17)10-5-3-7-13-11(10)8-9-4-1-2-6-12(9)16-13/h1-8H,(H2,15,17). The summed E-state index contributed by atoms with van der Waals surface area (Å²) >= 11 is 5.06. The molecular formula is C14H10N2S. The maximum absolute atomic E-state index is 5.73. The Morgan fingerprint density at radius 2 is 1.76 bits per heavy atom. The van der Waals surface area contributed by atoms with Gasteiger partial charge in [-0.1, -0.05) is 42.5 Å². The summed E-state index contributed by atoms with van der Waals surface area (Å²) < 4.78 is 0. The molecule has 2 nitrogen and oxygen atoms in total. The zero-order valence-electron chi connectivity index (χ0n) is 9.05. The molecule has 0 radical (unpaired) electrons. The fourth-order valence-electron chi connectivity index (χ4n) is 2.01. The Morgan fingerprint density at radius 1 is 1.00 bits per heavy atom. The van der Waals surface area contributed by atoms with Gasteiger partial charge in [0.25, 0.3) is 0 Å². The Hall–Kier alpha value is -2.00. The first-order valence-electron chi connectivity index (χ1n) is 5.34. The second kappa shape index (κ2) is 3.79. The summed E-state index contributed by atoms with van der Waals surface area (Å²) in [6, 6.07) is 16.0. The maximum atomic E-state index is 5.73. The van der Waals surface area contributed by atoms with Crippen molar-refractivity contribution in [1.29, 1.82) is 0 Å². The van der Waals surface area contributed by atoms with Crippen molar-refractivity contribution < 1.29 is 0 Å². The van der Waals surface area contributed by atoms with Gasteiger partial charge in [0.05, 0.1) is 11.0 Å². The molecule has 3 heteroatoms. The molecule has 17 heavy (non-hydrogen) atoms. The average Bonchev–Trinajstić information content (AvgIpc) is 2.35. The van der Waals surface area contributed by atoms with Gasteiger partial charge in [-0.3, -0.25) is 0 Å². The van der Waals surface area contributed by atoms with Gasteiger partial charge in [0, 0.05) is 16.3 Å². The van der Waals surface area contributed by atoms with E-state index in [1.165, 1.54) is 0 Å². The number of hydrogen-bond donors (Lipinski definition) is 1. The van der Waals surface area contributed by atoms with Crippen LogP contribution in [0.5, 0.6) is 0 Å². The van der Waals surface area contributed by atoms with E-state index in [1.807, 2.05) is 42.5 Å². The molecule has 0 bridgehead atoms. The van der Waals surface area contributed by atoms with E-state index in [2.05, 4.69) is 11.1 Å². The number of benzene rings is 2. The average molecular weight is 238 g/mol. The molecule has 3 aromatic rings. The fraction of sp³-hybridized carbons (Fsp3) is 0. The molecule has 0 saturated heterocycles. The molecule has 1 aromatic heterocycles. The summed E-state index contributed by atoms with van der Waals surface area (Å²) in [6.07, 6.45) is 0. The lowest BCUT2D eigenvalue weighted by atomic mass is 10.1. The second-order valence-corrected chi connectivity index (χ2v) is 4.36. The largest absolute Gasteiger partial charge is 0.389 e. The SMILES string of the molecule is NC(=S)c1cccc2nc3ccccc3cc12. The third kappa shape index (κ3) is 1.65. The van der Waals surface area contributed by atoms with Gasteiger partial charge in [-0.25, -0.2) is 4.98 Å². The number of pyridine rings is 1. The highest BCUT2D eigenvalue weighted by Crippen LogP contribution is 2.22. The van der Waals surface area contributed by atoms with Crippen LogP contribution in [0, 0.1) is 0 Å². The van der Waals surface area contributed by atoms with Gasteiger partial charge in [0.15, 0.2) is 0 Å². The van der Waals surface area contributed by atoms with E-state index >= 15 is 0 Å². The highest BCUT2D eigenvalue weighted by atomic mass is 32.1. The van der Waals surface area contributed by atoms with Crippen LogP contribution in [0.25, 0.3) is 21.8 Å². The van der Waals surface area contributed by atoms with Crippen molar-refractivity contribution in [1.82, 2.24) is 4.98 Å². The normalized spacial score (nSPS) is 10.8. The first-order valence-corrected chi connectivity index (χ1v) is 5.75. The van der Waals surface area contributed by atoms with Gasteiger partial charge < -0.3 is 5.73 Å². The first-order chi connectivity index (χ1) is 8.25. The zero-order valence-corrected chi connectivity index (χ0v) is 9.87. The van der Waals surface area contributed by atoms with E-state index in [4.69, 9.17) is 18.0 Å². The van der Waals surface area contributed by atoms with E-state index in [1.54, 1.807) is 0 Å². The lowest BCUT2D eigenvalue weighted by Gasteiger charge is -2.06. The number of para-hydroxylation sites is 1. The van der Waals surface area contributed by atoms with Crippen LogP contribution in [-0.4, -0.2) is 9.97 Å². The van der Waals surface area contributed by atoms with Crippen LogP contribution < -0.4 is 5.73 Å². The molecule has 3 rings (SSSR count). The molecule has 0 amide bonds. The maximum Gasteiger partial charge on any atom is 0.104 e. The summed E-state index contributed by atoms with van der Waals surface area (Å²) in [5, 5.41) is 2.11. The molecule has 0 saturated carbocycles. The van der Waals surface area contributed by atoms with E-state index in [9.17, 15) is 0 Å². The number of hydrogen-bond acceptors (Lipinski definition) is 2. The van der Waals surface area contributed by atoms with Crippen molar-refractivity contribution in [3.8, 4) is 0 Å². The number of nitrogens with two attached hydrogens (primary N) is 1. The second-order valence-electron chi connectivity index (χ2n) is 3.92. The van der Waals surface area contributed by atoms with Crippen LogP contribution in [0.2, 0.25) is 0 Å². The Labute approximate surface area is 104 Å². The predicted molar refractivity (Wildman–Crippen MR) is 75.1 cm³/mol. The van der Waals surface area contributed by atoms with E-state index < -0.39 is 0 Å². The summed E-state index contributed by atoms with van der Waals surface area (Å²) in [7, 11) is 0. The quantitative estimate of drug-likeness (QED) is 0.523. The van der Waals surface area contributed by atoms with Crippen molar-refractivity contribution >= 4 is 39.0 Å².